The van der Waals surface area contributed by atoms with Gasteiger partial charge >= 0.3 is 0 Å². The van der Waals surface area contributed by atoms with Gasteiger partial charge in [-0.25, -0.2) is 9.37 Å². The molecule has 0 spiro atoms. The maximum atomic E-state index is 14.4. The summed E-state index contributed by atoms with van der Waals surface area (Å²) in [5.74, 6) is 0.529. The van der Waals surface area contributed by atoms with Crippen LogP contribution in [0.3, 0.4) is 0 Å². The first kappa shape index (κ1) is 20.1. The molecule has 5 rings (SSSR count). The average Bonchev–Trinajstić information content (AvgIpc) is 3.23. The number of rotatable bonds is 4. The number of hydrogen-bond donors (Lipinski definition) is 0. The van der Waals surface area contributed by atoms with Gasteiger partial charge in [0, 0.05) is 49.6 Å². The summed E-state index contributed by atoms with van der Waals surface area (Å²) in [5.41, 5.74) is 2.42. The molecule has 3 heterocycles. The molecule has 0 N–H and O–H groups in total. The Morgan fingerprint density at radius 3 is 2.44 bits per heavy atom. The number of amides is 1. The predicted molar refractivity (Wildman–Crippen MR) is 122 cm³/mol. The van der Waals surface area contributed by atoms with Crippen LogP contribution in [0.15, 0.2) is 73.1 Å². The number of carbonyl (C=O) groups is 1. The summed E-state index contributed by atoms with van der Waals surface area (Å²) in [4.78, 5) is 21.7. The number of nitrogens with zero attached hydrogens (tertiary/aromatic N) is 4. The van der Waals surface area contributed by atoms with E-state index in [9.17, 15) is 9.18 Å². The molecule has 0 radical (unpaired) electrons. The quantitative estimate of drug-likeness (QED) is 0.488. The normalized spacial score (nSPS) is 14.1. The zero-order valence-electron chi connectivity index (χ0n) is 17.7. The predicted octanol–water partition coefficient (Wildman–Crippen LogP) is 4.14. The van der Waals surface area contributed by atoms with Gasteiger partial charge in [-0.3, -0.25) is 9.36 Å². The van der Waals surface area contributed by atoms with E-state index in [-0.39, 0.29) is 11.7 Å². The molecule has 1 amide bonds. The zero-order chi connectivity index (χ0) is 22.1. The van der Waals surface area contributed by atoms with Crippen LogP contribution < -0.4 is 9.64 Å². The molecule has 0 saturated carbocycles. The molecular weight excluding hydrogens is 407 g/mol. The van der Waals surface area contributed by atoms with Crippen molar-refractivity contribution in [1.82, 2.24) is 14.5 Å². The number of benzene rings is 2. The minimum absolute atomic E-state index is 0.0503. The highest BCUT2D eigenvalue weighted by Crippen LogP contribution is 2.27. The number of fused-ring (bicyclic) bond motifs is 1. The van der Waals surface area contributed by atoms with E-state index in [4.69, 9.17) is 4.74 Å². The highest BCUT2D eigenvalue weighted by molar-refractivity contribution is 6.07. The van der Waals surface area contributed by atoms with E-state index in [0.29, 0.717) is 18.7 Å². The number of ether oxygens (including phenoxy) is 1. The molecule has 0 atom stereocenters. The van der Waals surface area contributed by atoms with E-state index in [1.807, 2.05) is 53.4 Å². The molecule has 2 aromatic heterocycles. The Labute approximate surface area is 185 Å². The van der Waals surface area contributed by atoms with Gasteiger partial charge in [-0.1, -0.05) is 18.2 Å². The second kappa shape index (κ2) is 8.34. The molecule has 1 fully saturated rings. The Bertz CT molecular complexity index is 1260. The molecule has 1 saturated heterocycles. The van der Waals surface area contributed by atoms with Crippen molar-refractivity contribution in [2.24, 2.45) is 0 Å². The van der Waals surface area contributed by atoms with Crippen LogP contribution >= 0.6 is 0 Å². The van der Waals surface area contributed by atoms with Gasteiger partial charge in [0.2, 0.25) is 0 Å². The van der Waals surface area contributed by atoms with E-state index in [1.54, 1.807) is 30.1 Å². The number of carbonyl (C=O) groups excluding carboxylic acids is 1. The van der Waals surface area contributed by atoms with Crippen LogP contribution in [0, 0.1) is 5.82 Å². The standard InChI is InChI=1S/C25H23FN4O2/c1-32-19-10-8-18(9-11-19)28-13-15-29(16-14-28)25(31)21-17-30(23-7-3-2-5-20(21)23)24-22(26)6-4-12-27-24/h2-12,17H,13-16H2,1H3. The summed E-state index contributed by atoms with van der Waals surface area (Å²) >= 11 is 0. The summed E-state index contributed by atoms with van der Waals surface area (Å²) in [7, 11) is 1.65. The minimum atomic E-state index is -0.430. The molecule has 1 aliphatic rings. The molecule has 32 heavy (non-hydrogen) atoms. The summed E-state index contributed by atoms with van der Waals surface area (Å²) in [6.07, 6.45) is 3.25. The maximum Gasteiger partial charge on any atom is 0.256 e. The van der Waals surface area contributed by atoms with E-state index in [2.05, 4.69) is 9.88 Å². The van der Waals surface area contributed by atoms with Gasteiger partial charge in [0.25, 0.3) is 5.91 Å². The fourth-order valence-corrected chi connectivity index (χ4v) is 4.21. The van der Waals surface area contributed by atoms with Gasteiger partial charge in [-0.15, -0.1) is 0 Å². The molecule has 6 nitrogen and oxygen atoms in total. The topological polar surface area (TPSA) is 50.6 Å². The van der Waals surface area contributed by atoms with E-state index >= 15 is 0 Å². The second-order valence-electron chi connectivity index (χ2n) is 7.72. The number of para-hydroxylation sites is 1. The number of piperazine rings is 1. The smallest absolute Gasteiger partial charge is 0.256 e. The van der Waals surface area contributed by atoms with E-state index in [1.165, 1.54) is 6.07 Å². The number of anilines is 1. The van der Waals surface area contributed by atoms with Crippen LogP contribution in [0.5, 0.6) is 5.75 Å². The molecule has 7 heteroatoms. The molecule has 4 aromatic rings. The van der Waals surface area contributed by atoms with Gasteiger partial charge in [0.05, 0.1) is 18.2 Å². The molecular formula is C25H23FN4O2. The van der Waals surface area contributed by atoms with Crippen LogP contribution in [0.2, 0.25) is 0 Å². The molecule has 162 valence electrons. The molecule has 0 unspecified atom stereocenters. The van der Waals surface area contributed by atoms with E-state index in [0.717, 1.165) is 35.4 Å². The first-order chi connectivity index (χ1) is 15.7. The first-order valence-corrected chi connectivity index (χ1v) is 10.5. The minimum Gasteiger partial charge on any atom is -0.497 e. The fourth-order valence-electron chi connectivity index (χ4n) is 4.21. The van der Waals surface area contributed by atoms with Crippen LogP contribution in [0.25, 0.3) is 16.7 Å². The average molecular weight is 430 g/mol. The Hall–Kier alpha value is -3.87. The van der Waals surface area contributed by atoms with Crippen LogP contribution in [0.4, 0.5) is 10.1 Å². The number of hydrogen-bond acceptors (Lipinski definition) is 4. The Balaban J connectivity index is 1.39. The van der Waals surface area contributed by atoms with Gasteiger partial charge in [0.1, 0.15) is 5.75 Å². The van der Waals surface area contributed by atoms with Crippen molar-refractivity contribution in [1.29, 1.82) is 0 Å². The lowest BCUT2D eigenvalue weighted by Crippen LogP contribution is -2.48. The van der Waals surface area contributed by atoms with Gasteiger partial charge in [-0.05, 0) is 42.5 Å². The third kappa shape index (κ3) is 3.56. The summed E-state index contributed by atoms with van der Waals surface area (Å²) in [6.45, 7) is 2.71. The number of aromatic nitrogens is 2. The number of methoxy groups -OCH3 is 1. The van der Waals surface area contributed by atoms with Crippen molar-refractivity contribution in [3.63, 3.8) is 0 Å². The molecule has 0 bridgehead atoms. The lowest BCUT2D eigenvalue weighted by Gasteiger charge is -2.36. The third-order valence-electron chi connectivity index (χ3n) is 5.91. The van der Waals surface area contributed by atoms with Crippen molar-refractivity contribution >= 4 is 22.5 Å². The van der Waals surface area contributed by atoms with Crippen molar-refractivity contribution in [2.45, 2.75) is 0 Å². The first-order valence-electron chi connectivity index (χ1n) is 10.5. The third-order valence-corrected chi connectivity index (χ3v) is 5.91. The summed E-state index contributed by atoms with van der Waals surface area (Å²) in [5, 5.41) is 0.792. The highest BCUT2D eigenvalue weighted by Gasteiger charge is 2.26. The Kier molecular flexibility index (Phi) is 5.23. The maximum absolute atomic E-state index is 14.4. The van der Waals surface area contributed by atoms with Crippen LogP contribution in [-0.4, -0.2) is 53.6 Å². The van der Waals surface area contributed by atoms with Gasteiger partial charge < -0.3 is 14.5 Å². The second-order valence-corrected chi connectivity index (χ2v) is 7.72. The lowest BCUT2D eigenvalue weighted by molar-refractivity contribution is 0.0748. The molecule has 0 aliphatic carbocycles. The molecule has 1 aliphatic heterocycles. The van der Waals surface area contributed by atoms with Crippen LogP contribution in [0.1, 0.15) is 10.4 Å². The van der Waals surface area contributed by atoms with E-state index < -0.39 is 5.82 Å². The van der Waals surface area contributed by atoms with Crippen molar-refractivity contribution in [3.8, 4) is 11.6 Å². The molecule has 2 aromatic carbocycles. The van der Waals surface area contributed by atoms with Gasteiger partial charge in [0.15, 0.2) is 11.6 Å². The zero-order valence-corrected chi connectivity index (χ0v) is 17.7. The SMILES string of the molecule is COc1ccc(N2CCN(C(=O)c3cn(-c4ncccc4F)c4ccccc34)CC2)cc1. The fraction of sp³-hybridized carbons (Fsp3) is 0.200. The summed E-state index contributed by atoms with van der Waals surface area (Å²) < 4.78 is 21.3. The van der Waals surface area contributed by atoms with Crippen molar-refractivity contribution in [3.05, 3.63) is 84.4 Å². The number of pyridine rings is 1. The van der Waals surface area contributed by atoms with Crippen molar-refractivity contribution in [2.75, 3.05) is 38.2 Å². The Morgan fingerprint density at radius 1 is 0.969 bits per heavy atom. The van der Waals surface area contributed by atoms with Crippen molar-refractivity contribution < 1.29 is 13.9 Å². The largest absolute Gasteiger partial charge is 0.497 e. The van der Waals surface area contributed by atoms with Gasteiger partial charge in [-0.2, -0.15) is 0 Å². The lowest BCUT2D eigenvalue weighted by atomic mass is 10.1. The highest BCUT2D eigenvalue weighted by atomic mass is 19.1. The summed E-state index contributed by atoms with van der Waals surface area (Å²) in [6, 6.07) is 18.4. The van der Waals surface area contributed by atoms with Crippen LogP contribution in [-0.2, 0) is 0 Å². The number of halogens is 1. The monoisotopic (exact) mass is 430 g/mol. The Morgan fingerprint density at radius 2 is 1.72 bits per heavy atom.